The van der Waals surface area contributed by atoms with Gasteiger partial charge in [-0.25, -0.2) is 4.79 Å². The Morgan fingerprint density at radius 2 is 1.92 bits per heavy atom. The first-order valence-corrected chi connectivity index (χ1v) is 8.13. The summed E-state index contributed by atoms with van der Waals surface area (Å²) in [5.74, 6) is -0.0910. The normalized spacial score (nSPS) is 13.1. The third-order valence-electron chi connectivity index (χ3n) is 3.87. The molecule has 0 saturated carbocycles. The summed E-state index contributed by atoms with van der Waals surface area (Å²) in [5.41, 5.74) is 2.01. The predicted octanol–water partition coefficient (Wildman–Crippen LogP) is 2.82. The lowest BCUT2D eigenvalue weighted by Gasteiger charge is -2.18. The van der Waals surface area contributed by atoms with Crippen molar-refractivity contribution in [3.8, 4) is 5.75 Å². The van der Waals surface area contributed by atoms with Crippen molar-refractivity contribution in [2.45, 2.75) is 25.5 Å². The fraction of sp³-hybridized carbons (Fsp3) is 0.316. The van der Waals surface area contributed by atoms with Crippen LogP contribution >= 0.6 is 0 Å². The molecule has 134 valence electrons. The number of phenols is 1. The van der Waals surface area contributed by atoms with Crippen molar-refractivity contribution in [2.75, 3.05) is 19.0 Å². The summed E-state index contributed by atoms with van der Waals surface area (Å²) in [7, 11) is 1.24. The minimum absolute atomic E-state index is 0.0910. The second-order valence-electron chi connectivity index (χ2n) is 5.91. The Morgan fingerprint density at radius 3 is 2.60 bits per heavy atom. The van der Waals surface area contributed by atoms with E-state index in [0.29, 0.717) is 12.1 Å². The van der Waals surface area contributed by atoms with Gasteiger partial charge in [0, 0.05) is 12.6 Å². The Labute approximate surface area is 147 Å². The van der Waals surface area contributed by atoms with Crippen LogP contribution in [0.15, 0.2) is 48.5 Å². The molecule has 4 N–H and O–H groups in total. The standard InChI is InChI=1S/C19H24N2O4/c1-13(10-14-6-4-3-5-7-14)20-12-18(23)15-8-9-17(22)16(11-15)21-19(24)25-2/h3-9,11,13,18,20,22-23H,10,12H2,1-2H3,(H,21,24)/t13-,18-/m1/s1. The molecule has 2 atom stereocenters. The van der Waals surface area contributed by atoms with E-state index < -0.39 is 12.2 Å². The zero-order valence-electron chi connectivity index (χ0n) is 14.4. The fourth-order valence-corrected chi connectivity index (χ4v) is 2.49. The van der Waals surface area contributed by atoms with Crippen LogP contribution in [0.25, 0.3) is 0 Å². The molecule has 0 spiro atoms. The summed E-state index contributed by atoms with van der Waals surface area (Å²) < 4.78 is 4.51. The van der Waals surface area contributed by atoms with Gasteiger partial charge >= 0.3 is 6.09 Å². The van der Waals surface area contributed by atoms with Crippen molar-refractivity contribution in [3.05, 3.63) is 59.7 Å². The van der Waals surface area contributed by atoms with Gasteiger partial charge in [0.2, 0.25) is 0 Å². The van der Waals surface area contributed by atoms with Gasteiger partial charge in [-0.2, -0.15) is 0 Å². The number of hydrogen-bond donors (Lipinski definition) is 4. The summed E-state index contributed by atoms with van der Waals surface area (Å²) in [5, 5.41) is 25.8. The van der Waals surface area contributed by atoms with Crippen LogP contribution in [0, 0.1) is 0 Å². The van der Waals surface area contributed by atoms with Gasteiger partial charge < -0.3 is 20.3 Å². The summed E-state index contributed by atoms with van der Waals surface area (Å²) in [6.07, 6.45) is -0.591. The lowest BCUT2D eigenvalue weighted by atomic mass is 10.1. The molecule has 0 aromatic heterocycles. The molecular weight excluding hydrogens is 320 g/mol. The molecule has 0 aliphatic rings. The van der Waals surface area contributed by atoms with E-state index >= 15 is 0 Å². The van der Waals surface area contributed by atoms with E-state index in [1.165, 1.54) is 24.8 Å². The van der Waals surface area contributed by atoms with E-state index in [-0.39, 0.29) is 17.5 Å². The van der Waals surface area contributed by atoms with Crippen molar-refractivity contribution in [1.82, 2.24) is 5.32 Å². The summed E-state index contributed by atoms with van der Waals surface area (Å²) >= 11 is 0. The van der Waals surface area contributed by atoms with Crippen molar-refractivity contribution >= 4 is 11.8 Å². The van der Waals surface area contributed by atoms with Gasteiger partial charge in [0.05, 0.1) is 18.9 Å². The van der Waals surface area contributed by atoms with Crippen LogP contribution < -0.4 is 10.6 Å². The number of phenolic OH excluding ortho intramolecular Hbond substituents is 1. The van der Waals surface area contributed by atoms with Gasteiger partial charge in [0.25, 0.3) is 0 Å². The van der Waals surface area contributed by atoms with Crippen LogP contribution in [-0.4, -0.2) is 36.0 Å². The average molecular weight is 344 g/mol. The molecule has 6 heteroatoms. The summed E-state index contributed by atoms with van der Waals surface area (Å²) in [4.78, 5) is 11.3. The summed E-state index contributed by atoms with van der Waals surface area (Å²) in [6.45, 7) is 2.41. The van der Waals surface area contributed by atoms with Gasteiger partial charge in [-0.1, -0.05) is 36.4 Å². The average Bonchev–Trinajstić information content (AvgIpc) is 2.62. The quantitative estimate of drug-likeness (QED) is 0.580. The number of rotatable bonds is 7. The highest BCUT2D eigenvalue weighted by molar-refractivity contribution is 5.86. The number of ether oxygens (including phenoxy) is 1. The first-order chi connectivity index (χ1) is 12.0. The number of benzene rings is 2. The highest BCUT2D eigenvalue weighted by Crippen LogP contribution is 2.27. The Balaban J connectivity index is 1.92. The molecule has 0 aliphatic carbocycles. The molecule has 25 heavy (non-hydrogen) atoms. The lowest BCUT2D eigenvalue weighted by Crippen LogP contribution is -2.32. The topological polar surface area (TPSA) is 90.8 Å². The van der Waals surface area contributed by atoms with E-state index in [1.54, 1.807) is 6.07 Å². The Hall–Kier alpha value is -2.57. The SMILES string of the molecule is COC(=O)Nc1cc([C@H](O)CN[C@H](C)Cc2ccccc2)ccc1O. The predicted molar refractivity (Wildman–Crippen MR) is 96.7 cm³/mol. The number of anilines is 1. The third-order valence-corrected chi connectivity index (χ3v) is 3.87. The molecule has 2 aromatic rings. The number of methoxy groups -OCH3 is 1. The van der Waals surface area contributed by atoms with Gasteiger partial charge in [0.15, 0.2) is 0 Å². The van der Waals surface area contributed by atoms with E-state index in [0.717, 1.165) is 6.42 Å². The highest BCUT2D eigenvalue weighted by Gasteiger charge is 2.13. The molecule has 0 unspecified atom stereocenters. The van der Waals surface area contributed by atoms with Crippen LogP contribution in [-0.2, 0) is 11.2 Å². The maximum absolute atomic E-state index is 11.3. The molecular formula is C19H24N2O4. The van der Waals surface area contributed by atoms with Crippen LogP contribution in [0.4, 0.5) is 10.5 Å². The maximum Gasteiger partial charge on any atom is 0.411 e. The molecule has 0 saturated heterocycles. The fourth-order valence-electron chi connectivity index (χ4n) is 2.49. The van der Waals surface area contributed by atoms with Crippen LogP contribution in [0.2, 0.25) is 0 Å². The third kappa shape index (κ3) is 5.77. The molecule has 0 radical (unpaired) electrons. The van der Waals surface area contributed by atoms with Crippen LogP contribution in [0.3, 0.4) is 0 Å². The van der Waals surface area contributed by atoms with Crippen molar-refractivity contribution in [1.29, 1.82) is 0 Å². The van der Waals surface area contributed by atoms with Crippen LogP contribution in [0.1, 0.15) is 24.2 Å². The van der Waals surface area contributed by atoms with E-state index in [2.05, 4.69) is 34.4 Å². The van der Waals surface area contributed by atoms with Crippen molar-refractivity contribution in [3.63, 3.8) is 0 Å². The number of aliphatic hydroxyl groups is 1. The maximum atomic E-state index is 11.3. The zero-order valence-corrected chi connectivity index (χ0v) is 14.4. The number of carbonyl (C=O) groups is 1. The number of aromatic hydroxyl groups is 1. The second-order valence-corrected chi connectivity index (χ2v) is 5.91. The van der Waals surface area contributed by atoms with Crippen LogP contribution in [0.5, 0.6) is 5.75 Å². The zero-order chi connectivity index (χ0) is 18.2. The second kappa shape index (κ2) is 9.05. The van der Waals surface area contributed by atoms with E-state index in [4.69, 9.17) is 0 Å². The monoisotopic (exact) mass is 344 g/mol. The Bertz CT molecular complexity index is 691. The summed E-state index contributed by atoms with van der Waals surface area (Å²) in [6, 6.07) is 14.9. The number of carbonyl (C=O) groups excluding carboxylic acids is 1. The molecule has 0 fully saturated rings. The van der Waals surface area contributed by atoms with Crippen molar-refractivity contribution in [2.24, 2.45) is 0 Å². The minimum Gasteiger partial charge on any atom is -0.506 e. The Morgan fingerprint density at radius 1 is 1.20 bits per heavy atom. The van der Waals surface area contributed by atoms with E-state index in [1.807, 2.05) is 18.2 Å². The molecule has 0 aliphatic heterocycles. The first kappa shape index (κ1) is 18.8. The van der Waals surface area contributed by atoms with Gasteiger partial charge in [-0.15, -0.1) is 0 Å². The number of nitrogens with one attached hydrogen (secondary N) is 2. The van der Waals surface area contributed by atoms with E-state index in [9.17, 15) is 15.0 Å². The van der Waals surface area contributed by atoms with Gasteiger partial charge in [-0.3, -0.25) is 5.32 Å². The number of amides is 1. The largest absolute Gasteiger partial charge is 0.506 e. The molecule has 0 heterocycles. The molecule has 6 nitrogen and oxygen atoms in total. The smallest absolute Gasteiger partial charge is 0.411 e. The highest BCUT2D eigenvalue weighted by atomic mass is 16.5. The first-order valence-electron chi connectivity index (χ1n) is 8.13. The number of aliphatic hydroxyl groups excluding tert-OH is 1. The molecule has 0 bridgehead atoms. The number of hydrogen-bond acceptors (Lipinski definition) is 5. The lowest BCUT2D eigenvalue weighted by molar-refractivity contribution is 0.170. The minimum atomic E-state index is -0.767. The van der Waals surface area contributed by atoms with Crippen molar-refractivity contribution < 1.29 is 19.7 Å². The van der Waals surface area contributed by atoms with Gasteiger partial charge in [-0.05, 0) is 36.6 Å². The molecule has 2 aromatic carbocycles. The Kier molecular flexibility index (Phi) is 6.80. The molecule has 1 amide bonds. The molecule has 2 rings (SSSR count). The van der Waals surface area contributed by atoms with Gasteiger partial charge in [0.1, 0.15) is 5.75 Å².